The maximum Gasteiger partial charge on any atom is 0.243 e. The predicted molar refractivity (Wildman–Crippen MR) is 67.5 cm³/mol. The second kappa shape index (κ2) is 6.62. The Morgan fingerprint density at radius 1 is 1.12 bits per heavy atom. The van der Waals surface area contributed by atoms with E-state index in [4.69, 9.17) is 0 Å². The number of nitrogens with one attached hydrogen (secondary N) is 2. The summed E-state index contributed by atoms with van der Waals surface area (Å²) in [7, 11) is 0. The number of hydrogen-bond acceptors (Lipinski definition) is 2. The van der Waals surface area contributed by atoms with Gasteiger partial charge in [0, 0.05) is 13.0 Å². The van der Waals surface area contributed by atoms with E-state index in [1.54, 1.807) is 0 Å². The lowest BCUT2D eigenvalue weighted by molar-refractivity contribution is -0.129. The molecule has 0 aromatic rings. The third-order valence-corrected chi connectivity index (χ3v) is 3.26. The SMILES string of the molecule is CC(=O)N[C@H](C(=O)NC1CCCCC1)C(C)C. The van der Waals surface area contributed by atoms with Crippen molar-refractivity contribution in [1.29, 1.82) is 0 Å². The van der Waals surface area contributed by atoms with Gasteiger partial charge in [0.1, 0.15) is 6.04 Å². The molecule has 0 unspecified atom stereocenters. The molecule has 0 aromatic heterocycles. The number of carbonyl (C=O) groups is 2. The second-order valence-electron chi connectivity index (χ2n) is 5.27. The van der Waals surface area contributed by atoms with Gasteiger partial charge in [-0.15, -0.1) is 0 Å². The lowest BCUT2D eigenvalue weighted by Crippen LogP contribution is -2.51. The van der Waals surface area contributed by atoms with Crippen molar-refractivity contribution in [1.82, 2.24) is 10.6 Å². The van der Waals surface area contributed by atoms with Crippen molar-refractivity contribution in [2.75, 3.05) is 0 Å². The van der Waals surface area contributed by atoms with Gasteiger partial charge in [0.2, 0.25) is 11.8 Å². The van der Waals surface area contributed by atoms with Crippen LogP contribution in [0.15, 0.2) is 0 Å². The zero-order chi connectivity index (χ0) is 12.8. The van der Waals surface area contributed by atoms with E-state index >= 15 is 0 Å². The Bertz CT molecular complexity index is 271. The van der Waals surface area contributed by atoms with Crippen LogP contribution in [-0.2, 0) is 9.59 Å². The van der Waals surface area contributed by atoms with Crippen LogP contribution >= 0.6 is 0 Å². The van der Waals surface area contributed by atoms with Gasteiger partial charge in [-0.25, -0.2) is 0 Å². The molecule has 0 spiro atoms. The summed E-state index contributed by atoms with van der Waals surface area (Å²) in [4.78, 5) is 23.1. The van der Waals surface area contributed by atoms with E-state index in [0.717, 1.165) is 12.8 Å². The minimum Gasteiger partial charge on any atom is -0.352 e. The third kappa shape index (κ3) is 4.75. The molecule has 1 rings (SSSR count). The van der Waals surface area contributed by atoms with E-state index < -0.39 is 6.04 Å². The van der Waals surface area contributed by atoms with Gasteiger partial charge in [-0.3, -0.25) is 9.59 Å². The molecule has 1 fully saturated rings. The van der Waals surface area contributed by atoms with Gasteiger partial charge < -0.3 is 10.6 Å². The number of rotatable bonds is 4. The topological polar surface area (TPSA) is 58.2 Å². The van der Waals surface area contributed by atoms with E-state index in [2.05, 4.69) is 10.6 Å². The average Bonchev–Trinajstić information content (AvgIpc) is 2.26. The first-order valence-corrected chi connectivity index (χ1v) is 6.58. The van der Waals surface area contributed by atoms with Crippen LogP contribution in [0.3, 0.4) is 0 Å². The van der Waals surface area contributed by atoms with Crippen molar-refractivity contribution < 1.29 is 9.59 Å². The van der Waals surface area contributed by atoms with E-state index in [1.807, 2.05) is 13.8 Å². The van der Waals surface area contributed by atoms with E-state index in [1.165, 1.54) is 26.2 Å². The zero-order valence-electron chi connectivity index (χ0n) is 11.1. The molecule has 0 aliphatic heterocycles. The Hall–Kier alpha value is -1.06. The normalized spacial score (nSPS) is 18.8. The van der Waals surface area contributed by atoms with Crippen molar-refractivity contribution in [2.45, 2.75) is 65.0 Å². The van der Waals surface area contributed by atoms with Gasteiger partial charge in [-0.05, 0) is 18.8 Å². The first kappa shape index (κ1) is 14.0. The monoisotopic (exact) mass is 240 g/mol. The maximum atomic E-state index is 12.1. The summed E-state index contributed by atoms with van der Waals surface area (Å²) in [6.07, 6.45) is 5.79. The average molecular weight is 240 g/mol. The van der Waals surface area contributed by atoms with E-state index in [-0.39, 0.29) is 17.7 Å². The molecule has 1 aliphatic rings. The smallest absolute Gasteiger partial charge is 0.243 e. The van der Waals surface area contributed by atoms with Crippen molar-refractivity contribution in [3.63, 3.8) is 0 Å². The van der Waals surface area contributed by atoms with Crippen LogP contribution in [0.2, 0.25) is 0 Å². The molecule has 0 heterocycles. The van der Waals surface area contributed by atoms with Crippen LogP contribution in [0.1, 0.15) is 52.9 Å². The van der Waals surface area contributed by atoms with Crippen LogP contribution in [0, 0.1) is 5.92 Å². The van der Waals surface area contributed by atoms with Crippen molar-refractivity contribution in [3.8, 4) is 0 Å². The Balaban J connectivity index is 2.49. The summed E-state index contributed by atoms with van der Waals surface area (Å²) in [5.41, 5.74) is 0. The number of hydrogen-bond donors (Lipinski definition) is 2. The highest BCUT2D eigenvalue weighted by Crippen LogP contribution is 2.17. The molecule has 4 nitrogen and oxygen atoms in total. The first-order chi connectivity index (χ1) is 8.00. The molecule has 17 heavy (non-hydrogen) atoms. The minimum atomic E-state index is -0.408. The standard InChI is InChI=1S/C13H24N2O2/c1-9(2)12(14-10(3)16)13(17)15-11-7-5-4-6-8-11/h9,11-12H,4-8H2,1-3H3,(H,14,16)(H,15,17)/t12-/m0/s1. The summed E-state index contributed by atoms with van der Waals surface area (Å²) in [5, 5.41) is 5.77. The fourth-order valence-electron chi connectivity index (χ4n) is 2.29. The lowest BCUT2D eigenvalue weighted by atomic mass is 9.94. The molecular formula is C13H24N2O2. The summed E-state index contributed by atoms with van der Waals surface area (Å²) in [6.45, 7) is 5.34. The van der Waals surface area contributed by atoms with E-state index in [0.29, 0.717) is 6.04 Å². The highest BCUT2D eigenvalue weighted by molar-refractivity contribution is 5.87. The Morgan fingerprint density at radius 2 is 1.71 bits per heavy atom. The van der Waals surface area contributed by atoms with Crippen LogP contribution in [0.5, 0.6) is 0 Å². The van der Waals surface area contributed by atoms with Gasteiger partial charge in [0.25, 0.3) is 0 Å². The minimum absolute atomic E-state index is 0.0397. The molecule has 98 valence electrons. The molecule has 1 aliphatic carbocycles. The molecule has 4 heteroatoms. The third-order valence-electron chi connectivity index (χ3n) is 3.26. The van der Waals surface area contributed by atoms with Gasteiger partial charge >= 0.3 is 0 Å². The molecule has 0 aromatic carbocycles. The van der Waals surface area contributed by atoms with Crippen LogP contribution in [-0.4, -0.2) is 23.9 Å². The summed E-state index contributed by atoms with van der Waals surface area (Å²) >= 11 is 0. The Labute approximate surface area is 104 Å². The van der Waals surface area contributed by atoms with Crippen LogP contribution < -0.4 is 10.6 Å². The van der Waals surface area contributed by atoms with Crippen molar-refractivity contribution in [3.05, 3.63) is 0 Å². The highest BCUT2D eigenvalue weighted by atomic mass is 16.2. The molecular weight excluding hydrogens is 216 g/mol. The van der Waals surface area contributed by atoms with Gasteiger partial charge in [-0.1, -0.05) is 33.1 Å². The number of amides is 2. The van der Waals surface area contributed by atoms with Gasteiger partial charge in [0.05, 0.1) is 0 Å². The maximum absolute atomic E-state index is 12.1. The Kier molecular flexibility index (Phi) is 5.45. The van der Waals surface area contributed by atoms with Gasteiger partial charge in [0.15, 0.2) is 0 Å². The van der Waals surface area contributed by atoms with Crippen LogP contribution in [0.25, 0.3) is 0 Å². The van der Waals surface area contributed by atoms with Gasteiger partial charge in [-0.2, -0.15) is 0 Å². The molecule has 2 N–H and O–H groups in total. The highest BCUT2D eigenvalue weighted by Gasteiger charge is 2.25. The quantitative estimate of drug-likeness (QED) is 0.784. The fraction of sp³-hybridized carbons (Fsp3) is 0.846. The molecule has 2 amide bonds. The molecule has 1 saturated carbocycles. The summed E-state index contributed by atoms with van der Waals surface area (Å²) < 4.78 is 0. The van der Waals surface area contributed by atoms with Crippen molar-refractivity contribution in [2.24, 2.45) is 5.92 Å². The molecule has 0 bridgehead atoms. The first-order valence-electron chi connectivity index (χ1n) is 6.58. The zero-order valence-corrected chi connectivity index (χ0v) is 11.1. The second-order valence-corrected chi connectivity index (χ2v) is 5.27. The van der Waals surface area contributed by atoms with E-state index in [9.17, 15) is 9.59 Å². The largest absolute Gasteiger partial charge is 0.352 e. The van der Waals surface area contributed by atoms with Crippen molar-refractivity contribution >= 4 is 11.8 Å². The fourth-order valence-corrected chi connectivity index (χ4v) is 2.29. The molecule has 1 atom stereocenters. The lowest BCUT2D eigenvalue weighted by Gasteiger charge is -2.27. The number of carbonyl (C=O) groups excluding carboxylic acids is 2. The summed E-state index contributed by atoms with van der Waals surface area (Å²) in [5.74, 6) is -0.0768. The molecule has 0 radical (unpaired) electrons. The van der Waals surface area contributed by atoms with Crippen LogP contribution in [0.4, 0.5) is 0 Å². The molecule has 0 saturated heterocycles. The predicted octanol–water partition coefficient (Wildman–Crippen LogP) is 1.60. The Morgan fingerprint density at radius 3 is 2.18 bits per heavy atom. The summed E-state index contributed by atoms with van der Waals surface area (Å²) in [6, 6.07) is -0.110.